The molecular formula is C31H44N2O4. The number of hydrogen-bond donors (Lipinski definition) is 3. The predicted molar refractivity (Wildman–Crippen MR) is 151 cm³/mol. The van der Waals surface area contributed by atoms with Gasteiger partial charge in [0.2, 0.25) is 5.91 Å². The number of carboxylic acids is 1. The quantitative estimate of drug-likeness (QED) is 0.426. The zero-order valence-corrected chi connectivity index (χ0v) is 23.6. The third-order valence-electron chi connectivity index (χ3n) is 7.34. The summed E-state index contributed by atoms with van der Waals surface area (Å²) in [7, 11) is 0. The maximum atomic E-state index is 13.5. The van der Waals surface area contributed by atoms with Crippen LogP contribution in [0.1, 0.15) is 88.5 Å². The average Bonchev–Trinajstić information content (AvgIpc) is 2.81. The molecule has 1 aliphatic carbocycles. The molecule has 1 aliphatic heterocycles. The summed E-state index contributed by atoms with van der Waals surface area (Å²) in [6.07, 6.45) is 5.90. The highest BCUT2D eigenvalue weighted by atomic mass is 16.4. The number of nitrogens with one attached hydrogen (secondary N) is 1. The number of aliphatic hydroxyl groups is 1. The SMILES string of the molecule is CC(C)(C)O.CCCN1c2c(C)c(-c3ccc(C)cc3)c(CC(=O)O)c(C)c2NC(=O)C12CCCCC2. The lowest BCUT2D eigenvalue weighted by atomic mass is 9.76. The van der Waals surface area contributed by atoms with Crippen molar-refractivity contribution in [2.75, 3.05) is 16.8 Å². The second kappa shape index (κ2) is 11.3. The fourth-order valence-corrected chi connectivity index (χ4v) is 5.77. The monoisotopic (exact) mass is 508 g/mol. The predicted octanol–water partition coefficient (Wildman–Crippen LogP) is 6.55. The van der Waals surface area contributed by atoms with Crippen molar-refractivity contribution in [2.24, 2.45) is 0 Å². The Labute approximate surface area is 222 Å². The third-order valence-corrected chi connectivity index (χ3v) is 7.34. The number of aryl methyl sites for hydroxylation is 1. The standard InChI is InChI=1S/C27H34N2O3.C4H10O/c1-5-15-29-25-19(4)23(20-11-9-17(2)10-12-20)21(16-22(30)31)18(3)24(25)28-26(32)27(29)13-7-6-8-14-27;1-4(2,3)5/h9-12H,5-8,13-16H2,1-4H3,(H,28,32)(H,30,31);5H,1-3H3. The molecule has 1 spiro atoms. The van der Waals surface area contributed by atoms with Gasteiger partial charge in [0.15, 0.2) is 0 Å². The first kappa shape index (κ1) is 28.7. The van der Waals surface area contributed by atoms with E-state index in [1.54, 1.807) is 20.8 Å². The maximum absolute atomic E-state index is 13.5. The number of nitrogens with zero attached hydrogens (tertiary/aromatic N) is 1. The molecule has 6 nitrogen and oxygen atoms in total. The minimum Gasteiger partial charge on any atom is -0.481 e. The van der Waals surface area contributed by atoms with Crippen LogP contribution in [0.3, 0.4) is 0 Å². The molecular weight excluding hydrogens is 464 g/mol. The number of amides is 1. The van der Waals surface area contributed by atoms with Crippen LogP contribution in [0, 0.1) is 20.8 Å². The number of benzene rings is 2. The summed E-state index contributed by atoms with van der Waals surface area (Å²) in [5.41, 5.74) is 6.77. The van der Waals surface area contributed by atoms with Gasteiger partial charge in [0.05, 0.1) is 23.4 Å². The Morgan fingerprint density at radius 1 is 1.03 bits per heavy atom. The van der Waals surface area contributed by atoms with Gasteiger partial charge in [-0.1, -0.05) is 56.0 Å². The first-order valence-corrected chi connectivity index (χ1v) is 13.6. The summed E-state index contributed by atoms with van der Waals surface area (Å²) in [6, 6.07) is 8.30. The lowest BCUT2D eigenvalue weighted by molar-refractivity contribution is -0.136. The Morgan fingerprint density at radius 3 is 2.11 bits per heavy atom. The summed E-state index contributed by atoms with van der Waals surface area (Å²) in [5.74, 6) is -0.790. The van der Waals surface area contributed by atoms with Gasteiger partial charge in [0, 0.05) is 6.54 Å². The van der Waals surface area contributed by atoms with E-state index in [1.807, 2.05) is 6.92 Å². The molecule has 2 aromatic rings. The highest BCUT2D eigenvalue weighted by molar-refractivity contribution is 6.09. The van der Waals surface area contributed by atoms with Crippen LogP contribution in [-0.4, -0.2) is 39.8 Å². The molecule has 1 saturated carbocycles. The van der Waals surface area contributed by atoms with E-state index >= 15 is 0 Å². The molecule has 202 valence electrons. The van der Waals surface area contributed by atoms with Crippen LogP contribution in [-0.2, 0) is 16.0 Å². The van der Waals surface area contributed by atoms with Crippen LogP contribution < -0.4 is 10.2 Å². The van der Waals surface area contributed by atoms with E-state index in [-0.39, 0.29) is 12.3 Å². The number of carbonyl (C=O) groups excluding carboxylic acids is 1. The normalized spacial score (nSPS) is 16.5. The summed E-state index contributed by atoms with van der Waals surface area (Å²) >= 11 is 0. The van der Waals surface area contributed by atoms with Crippen LogP contribution in [0.4, 0.5) is 11.4 Å². The van der Waals surface area contributed by atoms with Crippen LogP contribution in [0.2, 0.25) is 0 Å². The van der Waals surface area contributed by atoms with Crippen molar-refractivity contribution in [3.8, 4) is 11.1 Å². The third kappa shape index (κ3) is 6.18. The van der Waals surface area contributed by atoms with Gasteiger partial charge in [-0.25, -0.2) is 0 Å². The average molecular weight is 509 g/mol. The molecule has 0 aromatic heterocycles. The number of hydrogen-bond acceptors (Lipinski definition) is 4. The van der Waals surface area contributed by atoms with Crippen LogP contribution in [0.15, 0.2) is 24.3 Å². The van der Waals surface area contributed by atoms with Gasteiger partial charge in [0.1, 0.15) is 5.54 Å². The number of rotatable bonds is 5. The van der Waals surface area contributed by atoms with E-state index in [2.05, 4.69) is 55.3 Å². The minimum absolute atomic E-state index is 0.0715. The van der Waals surface area contributed by atoms with E-state index in [0.29, 0.717) is 0 Å². The summed E-state index contributed by atoms with van der Waals surface area (Å²) in [6.45, 7) is 14.3. The number of carboxylic acid groups (broad SMARTS) is 1. The summed E-state index contributed by atoms with van der Waals surface area (Å²) in [4.78, 5) is 27.7. The molecule has 4 rings (SSSR count). The molecule has 0 bridgehead atoms. The first-order chi connectivity index (χ1) is 17.3. The zero-order valence-electron chi connectivity index (χ0n) is 23.6. The molecule has 2 aliphatic rings. The Kier molecular flexibility index (Phi) is 8.74. The molecule has 1 fully saturated rings. The molecule has 6 heteroatoms. The van der Waals surface area contributed by atoms with Crippen molar-refractivity contribution in [1.29, 1.82) is 0 Å². The van der Waals surface area contributed by atoms with Crippen molar-refractivity contribution in [3.05, 3.63) is 46.5 Å². The zero-order chi connectivity index (χ0) is 27.5. The van der Waals surface area contributed by atoms with E-state index < -0.39 is 17.1 Å². The molecule has 1 heterocycles. The summed E-state index contributed by atoms with van der Waals surface area (Å²) < 4.78 is 0. The van der Waals surface area contributed by atoms with Crippen LogP contribution in [0.25, 0.3) is 11.1 Å². The second-order valence-corrected chi connectivity index (χ2v) is 11.6. The van der Waals surface area contributed by atoms with Crippen molar-refractivity contribution in [2.45, 2.75) is 105 Å². The van der Waals surface area contributed by atoms with Gasteiger partial charge in [0.25, 0.3) is 0 Å². The van der Waals surface area contributed by atoms with E-state index in [0.717, 1.165) is 77.8 Å². The maximum Gasteiger partial charge on any atom is 0.307 e. The largest absolute Gasteiger partial charge is 0.481 e. The van der Waals surface area contributed by atoms with Gasteiger partial charge in [-0.3, -0.25) is 9.59 Å². The van der Waals surface area contributed by atoms with Gasteiger partial charge in [-0.05, 0) is 88.6 Å². The number of anilines is 2. The molecule has 0 unspecified atom stereocenters. The van der Waals surface area contributed by atoms with Crippen molar-refractivity contribution < 1.29 is 19.8 Å². The summed E-state index contributed by atoms with van der Waals surface area (Å²) in [5, 5.41) is 21.5. The Bertz CT molecular complexity index is 1130. The van der Waals surface area contributed by atoms with Gasteiger partial charge >= 0.3 is 5.97 Å². The molecule has 0 atom stereocenters. The first-order valence-electron chi connectivity index (χ1n) is 13.6. The van der Waals surface area contributed by atoms with Crippen molar-refractivity contribution in [1.82, 2.24) is 0 Å². The van der Waals surface area contributed by atoms with Crippen LogP contribution >= 0.6 is 0 Å². The van der Waals surface area contributed by atoms with Crippen molar-refractivity contribution in [3.63, 3.8) is 0 Å². The Hall–Kier alpha value is -2.86. The lowest BCUT2D eigenvalue weighted by Crippen LogP contribution is -2.61. The highest BCUT2D eigenvalue weighted by Gasteiger charge is 2.49. The lowest BCUT2D eigenvalue weighted by Gasteiger charge is -2.51. The number of carbonyl (C=O) groups is 2. The molecule has 0 saturated heterocycles. The van der Waals surface area contributed by atoms with Gasteiger partial charge < -0.3 is 20.4 Å². The Balaban J connectivity index is 0.000000695. The fraction of sp³-hybridized carbons (Fsp3) is 0.548. The number of fused-ring (bicyclic) bond motifs is 1. The molecule has 3 N–H and O–H groups in total. The second-order valence-electron chi connectivity index (χ2n) is 11.6. The molecule has 1 amide bonds. The molecule has 37 heavy (non-hydrogen) atoms. The fourth-order valence-electron chi connectivity index (χ4n) is 5.77. The van der Waals surface area contributed by atoms with Gasteiger partial charge in [-0.15, -0.1) is 0 Å². The smallest absolute Gasteiger partial charge is 0.307 e. The van der Waals surface area contributed by atoms with E-state index in [1.165, 1.54) is 12.0 Å². The minimum atomic E-state index is -0.864. The molecule has 0 radical (unpaired) electrons. The van der Waals surface area contributed by atoms with E-state index in [9.17, 15) is 14.7 Å². The Morgan fingerprint density at radius 2 is 1.59 bits per heavy atom. The highest BCUT2D eigenvalue weighted by Crippen LogP contribution is 2.50. The van der Waals surface area contributed by atoms with Gasteiger partial charge in [-0.2, -0.15) is 0 Å². The van der Waals surface area contributed by atoms with E-state index in [4.69, 9.17) is 5.11 Å². The van der Waals surface area contributed by atoms with Crippen molar-refractivity contribution >= 4 is 23.3 Å². The van der Waals surface area contributed by atoms with Crippen LogP contribution in [0.5, 0.6) is 0 Å². The number of aliphatic carboxylic acids is 1. The molecule has 2 aromatic carbocycles. The topological polar surface area (TPSA) is 89.9 Å².